The molecule has 3 aromatic rings. The maximum Gasteiger partial charge on any atom is 0.355 e. The fraction of sp³-hybridized carbons (Fsp3) is 0.333. The van der Waals surface area contributed by atoms with Crippen LogP contribution in [0.25, 0.3) is 0 Å². The van der Waals surface area contributed by atoms with Gasteiger partial charge >= 0.3 is 11.4 Å². The van der Waals surface area contributed by atoms with Crippen LogP contribution < -0.4 is 22.0 Å². The highest BCUT2D eigenvalue weighted by Crippen LogP contribution is 2.25. The number of carbonyl (C=O) groups is 1. The Hall–Kier alpha value is -3.10. The minimum Gasteiger partial charge on any atom is -0.355 e. The van der Waals surface area contributed by atoms with Crippen molar-refractivity contribution >= 4 is 40.7 Å². The number of hydrogen-bond acceptors (Lipinski definition) is 5. The predicted molar refractivity (Wildman–Crippen MR) is 135 cm³/mol. The molecule has 0 atom stereocenters. The van der Waals surface area contributed by atoms with E-state index in [1.54, 1.807) is 30.3 Å². The second-order valence-corrected chi connectivity index (χ2v) is 9.22. The smallest absolute Gasteiger partial charge is 0.355 e. The van der Waals surface area contributed by atoms with E-state index in [-0.39, 0.29) is 31.5 Å². The molecule has 8 nitrogen and oxygen atoms in total. The molecule has 1 heterocycles. The number of carbonyl (C=O) groups excluding carboxylic acids is 1. The fourth-order valence-corrected chi connectivity index (χ4v) is 3.82. The van der Waals surface area contributed by atoms with E-state index in [1.165, 1.54) is 11.5 Å². The van der Waals surface area contributed by atoms with Gasteiger partial charge in [0.1, 0.15) is 0 Å². The molecule has 0 aliphatic rings. The van der Waals surface area contributed by atoms with Gasteiger partial charge in [0.15, 0.2) is 0 Å². The second kappa shape index (κ2) is 11.4. The highest BCUT2D eigenvalue weighted by Gasteiger charge is 2.15. The first kappa shape index (κ1) is 25.5. The van der Waals surface area contributed by atoms with Gasteiger partial charge < -0.3 is 10.6 Å². The summed E-state index contributed by atoms with van der Waals surface area (Å²) in [6.45, 7) is 5.88. The number of nitrogens with one attached hydrogen (secondary N) is 2. The van der Waals surface area contributed by atoms with Crippen LogP contribution in [0.5, 0.6) is 0 Å². The molecule has 0 aliphatic carbocycles. The lowest BCUT2D eigenvalue weighted by atomic mass is 10.0. The Labute approximate surface area is 207 Å². The molecule has 180 valence electrons. The molecular weight excluding hydrogens is 477 g/mol. The van der Waals surface area contributed by atoms with Crippen LogP contribution in [0.2, 0.25) is 10.0 Å². The molecule has 1 aromatic heterocycles. The van der Waals surface area contributed by atoms with Crippen LogP contribution in [0.3, 0.4) is 0 Å². The molecule has 1 amide bonds. The number of rotatable bonds is 9. The van der Waals surface area contributed by atoms with Gasteiger partial charge in [-0.1, -0.05) is 55.2 Å². The number of hydrogen-bond donors (Lipinski definition) is 2. The molecule has 0 fully saturated rings. The van der Waals surface area contributed by atoms with Crippen LogP contribution in [-0.4, -0.2) is 26.6 Å². The minimum atomic E-state index is -0.715. The summed E-state index contributed by atoms with van der Waals surface area (Å²) in [5.41, 5.74) is 1.15. The summed E-state index contributed by atoms with van der Waals surface area (Å²) in [5, 5.41) is 6.82. The monoisotopic (exact) mass is 503 g/mol. The van der Waals surface area contributed by atoms with Crippen LogP contribution in [0, 0.1) is 5.92 Å². The van der Waals surface area contributed by atoms with Crippen molar-refractivity contribution in [1.82, 2.24) is 19.4 Å². The van der Waals surface area contributed by atoms with Crippen LogP contribution >= 0.6 is 23.2 Å². The van der Waals surface area contributed by atoms with Crippen LogP contribution in [0.15, 0.2) is 52.1 Å². The SMILES string of the molecule is CC(=O)NCCn1c(=O)nc(Nc2ccc(CC(C)C)c(Cl)c2)n(Cc2ccc(Cl)cc2)c1=O. The third-order valence-electron chi connectivity index (χ3n) is 5.05. The second-order valence-electron chi connectivity index (χ2n) is 8.38. The summed E-state index contributed by atoms with van der Waals surface area (Å²) in [5.74, 6) is 0.291. The molecule has 0 spiro atoms. The van der Waals surface area contributed by atoms with E-state index in [4.69, 9.17) is 23.2 Å². The largest absolute Gasteiger partial charge is 0.355 e. The first-order chi connectivity index (χ1) is 16.1. The van der Waals surface area contributed by atoms with E-state index in [1.807, 2.05) is 12.1 Å². The quantitative estimate of drug-likeness (QED) is 0.462. The van der Waals surface area contributed by atoms with Gasteiger partial charge in [-0.3, -0.25) is 9.36 Å². The maximum atomic E-state index is 13.3. The van der Waals surface area contributed by atoms with Gasteiger partial charge in [0.2, 0.25) is 11.9 Å². The summed E-state index contributed by atoms with van der Waals surface area (Å²) in [7, 11) is 0. The molecule has 0 radical (unpaired) electrons. The number of halogens is 2. The molecule has 10 heteroatoms. The van der Waals surface area contributed by atoms with Gasteiger partial charge in [0.05, 0.1) is 6.54 Å². The van der Waals surface area contributed by atoms with Crippen molar-refractivity contribution in [2.45, 2.75) is 40.3 Å². The highest BCUT2D eigenvalue weighted by atomic mass is 35.5. The lowest BCUT2D eigenvalue weighted by molar-refractivity contribution is -0.118. The Morgan fingerprint density at radius 1 is 1.06 bits per heavy atom. The zero-order chi connectivity index (χ0) is 24.8. The Morgan fingerprint density at radius 2 is 1.76 bits per heavy atom. The van der Waals surface area contributed by atoms with Crippen molar-refractivity contribution in [2.24, 2.45) is 5.92 Å². The molecule has 3 rings (SSSR count). The Balaban J connectivity index is 2.00. The van der Waals surface area contributed by atoms with Crippen molar-refractivity contribution in [2.75, 3.05) is 11.9 Å². The number of amides is 1. The number of anilines is 2. The van der Waals surface area contributed by atoms with Gasteiger partial charge in [-0.05, 0) is 47.7 Å². The Morgan fingerprint density at radius 3 is 2.38 bits per heavy atom. The van der Waals surface area contributed by atoms with Gasteiger partial charge in [-0.25, -0.2) is 14.2 Å². The Kier molecular flexibility index (Phi) is 8.52. The van der Waals surface area contributed by atoms with E-state index in [2.05, 4.69) is 29.5 Å². The molecule has 0 unspecified atom stereocenters. The number of benzene rings is 2. The van der Waals surface area contributed by atoms with E-state index >= 15 is 0 Å². The minimum absolute atomic E-state index is 0.000865. The number of nitrogens with zero attached hydrogens (tertiary/aromatic N) is 3. The molecule has 0 saturated carbocycles. The van der Waals surface area contributed by atoms with Gasteiger partial charge in [-0.2, -0.15) is 4.98 Å². The average molecular weight is 504 g/mol. The van der Waals surface area contributed by atoms with Gasteiger partial charge in [0.25, 0.3) is 0 Å². The van der Waals surface area contributed by atoms with Crippen molar-refractivity contribution in [3.63, 3.8) is 0 Å². The van der Waals surface area contributed by atoms with E-state index in [0.29, 0.717) is 21.7 Å². The van der Waals surface area contributed by atoms with Gasteiger partial charge in [0, 0.05) is 35.7 Å². The van der Waals surface area contributed by atoms with Crippen molar-refractivity contribution in [3.05, 3.63) is 84.6 Å². The summed E-state index contributed by atoms with van der Waals surface area (Å²) < 4.78 is 2.37. The standard InChI is InChI=1S/C24H27Cl2N5O3/c1-15(2)12-18-6-9-20(13-21(18)26)28-22-29-23(33)30(11-10-27-16(3)32)24(34)31(22)14-17-4-7-19(25)8-5-17/h4-9,13,15H,10-12,14H2,1-3H3,(H,27,32)(H,28,29,33). The van der Waals surface area contributed by atoms with Crippen LogP contribution in [0.1, 0.15) is 31.9 Å². The van der Waals surface area contributed by atoms with Crippen molar-refractivity contribution < 1.29 is 4.79 Å². The van der Waals surface area contributed by atoms with Crippen molar-refractivity contribution in [1.29, 1.82) is 0 Å². The predicted octanol–water partition coefficient (Wildman–Crippen LogP) is 3.84. The summed E-state index contributed by atoms with van der Waals surface area (Å²) in [4.78, 5) is 41.2. The topological polar surface area (TPSA) is 98.0 Å². The molecule has 34 heavy (non-hydrogen) atoms. The maximum absolute atomic E-state index is 13.3. The molecule has 0 aliphatic heterocycles. The van der Waals surface area contributed by atoms with Crippen molar-refractivity contribution in [3.8, 4) is 0 Å². The molecule has 0 bridgehead atoms. The molecular formula is C24H27Cl2N5O3. The summed E-state index contributed by atoms with van der Waals surface area (Å²) in [6, 6.07) is 12.5. The zero-order valence-corrected chi connectivity index (χ0v) is 20.8. The van der Waals surface area contributed by atoms with Crippen LogP contribution in [0.4, 0.5) is 11.6 Å². The fourth-order valence-electron chi connectivity index (χ4n) is 3.43. The lowest BCUT2D eigenvalue weighted by Gasteiger charge is -2.16. The van der Waals surface area contributed by atoms with E-state index in [9.17, 15) is 14.4 Å². The molecule has 0 saturated heterocycles. The molecule has 2 N–H and O–H groups in total. The van der Waals surface area contributed by atoms with E-state index in [0.717, 1.165) is 22.1 Å². The number of aromatic nitrogens is 3. The van der Waals surface area contributed by atoms with Gasteiger partial charge in [-0.15, -0.1) is 0 Å². The summed E-state index contributed by atoms with van der Waals surface area (Å²) >= 11 is 12.4. The molecule has 2 aromatic carbocycles. The lowest BCUT2D eigenvalue weighted by Crippen LogP contribution is -2.44. The average Bonchev–Trinajstić information content (AvgIpc) is 2.76. The first-order valence-corrected chi connectivity index (χ1v) is 11.7. The van der Waals surface area contributed by atoms with Crippen LogP contribution in [-0.2, 0) is 24.3 Å². The zero-order valence-electron chi connectivity index (χ0n) is 19.3. The van der Waals surface area contributed by atoms with E-state index < -0.39 is 11.4 Å². The first-order valence-electron chi connectivity index (χ1n) is 10.9. The third-order valence-corrected chi connectivity index (χ3v) is 5.65. The Bertz CT molecular complexity index is 1280. The third kappa shape index (κ3) is 6.71. The highest BCUT2D eigenvalue weighted by molar-refractivity contribution is 6.31. The summed E-state index contributed by atoms with van der Waals surface area (Å²) in [6.07, 6.45) is 0.836. The normalized spacial score (nSPS) is 11.0.